The minimum absolute atomic E-state index is 0.0596. The van der Waals surface area contributed by atoms with Crippen LogP contribution in [0.1, 0.15) is 66.2 Å². The highest BCUT2D eigenvalue weighted by atomic mass is 19.1. The molecule has 0 spiro atoms. The first kappa shape index (κ1) is 22.3. The standard InChI is InChI=1S/C27H28F2N2O/c1-16-4-5-23(28)22(13-16)27-24(29)6-7-25(31-27)26(32)14-20-15-30-9-8-21(20)19-11-17(2)10-18(3)12-19/h4-9,13,15,17-19H,10-12,14H2,1-3H3/t17-,18+,19?. The molecule has 0 bridgehead atoms. The summed E-state index contributed by atoms with van der Waals surface area (Å²) >= 11 is 0. The van der Waals surface area contributed by atoms with Gasteiger partial charge in [-0.25, -0.2) is 13.8 Å². The molecule has 1 aliphatic rings. The van der Waals surface area contributed by atoms with E-state index in [1.165, 1.54) is 30.2 Å². The van der Waals surface area contributed by atoms with Crippen LogP contribution < -0.4 is 0 Å². The third kappa shape index (κ3) is 4.77. The van der Waals surface area contributed by atoms with Gasteiger partial charge >= 0.3 is 0 Å². The van der Waals surface area contributed by atoms with E-state index < -0.39 is 11.6 Å². The van der Waals surface area contributed by atoms with Gasteiger partial charge in [0.15, 0.2) is 5.78 Å². The van der Waals surface area contributed by atoms with Crippen LogP contribution in [-0.2, 0) is 6.42 Å². The Kier molecular flexibility index (Phi) is 6.45. The Hall–Kier alpha value is -2.95. The highest BCUT2D eigenvalue weighted by Crippen LogP contribution is 2.40. The van der Waals surface area contributed by atoms with Crippen LogP contribution in [-0.4, -0.2) is 15.8 Å². The van der Waals surface area contributed by atoms with Gasteiger partial charge in [-0.05, 0) is 85.4 Å². The van der Waals surface area contributed by atoms with Crippen molar-refractivity contribution in [3.05, 3.63) is 82.8 Å². The minimum Gasteiger partial charge on any atom is -0.292 e. The third-order valence-electron chi connectivity index (χ3n) is 6.42. The number of nitrogens with zero attached hydrogens (tertiary/aromatic N) is 2. The average Bonchev–Trinajstić information content (AvgIpc) is 2.75. The molecule has 3 nitrogen and oxygen atoms in total. The van der Waals surface area contributed by atoms with Gasteiger partial charge in [-0.15, -0.1) is 0 Å². The third-order valence-corrected chi connectivity index (χ3v) is 6.42. The second-order valence-electron chi connectivity index (χ2n) is 9.30. The number of halogens is 2. The molecule has 2 heterocycles. The number of hydrogen-bond donors (Lipinski definition) is 0. The summed E-state index contributed by atoms with van der Waals surface area (Å²) in [6.07, 6.45) is 7.09. The van der Waals surface area contributed by atoms with Gasteiger partial charge in [0.05, 0.1) is 0 Å². The largest absolute Gasteiger partial charge is 0.292 e. The number of aromatic nitrogens is 2. The molecule has 166 valence electrons. The van der Waals surface area contributed by atoms with Crippen molar-refractivity contribution in [2.75, 3.05) is 0 Å². The fourth-order valence-electron chi connectivity index (χ4n) is 5.06. The maximum absolute atomic E-state index is 14.5. The normalized spacial score (nSPS) is 20.8. The summed E-state index contributed by atoms with van der Waals surface area (Å²) in [4.78, 5) is 21.6. The van der Waals surface area contributed by atoms with Crippen LogP contribution in [0.4, 0.5) is 8.78 Å². The topological polar surface area (TPSA) is 42.9 Å². The highest BCUT2D eigenvalue weighted by molar-refractivity contribution is 5.96. The van der Waals surface area contributed by atoms with Gasteiger partial charge in [0, 0.05) is 24.4 Å². The molecule has 0 amide bonds. The summed E-state index contributed by atoms with van der Waals surface area (Å²) in [6, 6.07) is 9.02. The van der Waals surface area contributed by atoms with Gasteiger partial charge in [-0.3, -0.25) is 9.78 Å². The molecule has 2 aromatic heterocycles. The molecular weight excluding hydrogens is 406 g/mol. The van der Waals surface area contributed by atoms with Crippen molar-refractivity contribution in [2.24, 2.45) is 11.8 Å². The molecule has 1 fully saturated rings. The lowest BCUT2D eigenvalue weighted by molar-refractivity contribution is 0.0987. The average molecular weight is 435 g/mol. The number of carbonyl (C=O) groups excluding carboxylic acids is 1. The van der Waals surface area contributed by atoms with Crippen molar-refractivity contribution in [3.8, 4) is 11.3 Å². The van der Waals surface area contributed by atoms with Crippen molar-refractivity contribution in [1.29, 1.82) is 0 Å². The Labute approximate surface area is 187 Å². The lowest BCUT2D eigenvalue weighted by atomic mass is 9.73. The smallest absolute Gasteiger partial charge is 0.185 e. The van der Waals surface area contributed by atoms with Crippen LogP contribution in [0, 0.1) is 30.4 Å². The Morgan fingerprint density at radius 3 is 2.47 bits per heavy atom. The summed E-state index contributed by atoms with van der Waals surface area (Å²) in [6.45, 7) is 6.36. The molecular formula is C27H28F2N2O. The van der Waals surface area contributed by atoms with Crippen LogP contribution in [0.3, 0.4) is 0 Å². The van der Waals surface area contributed by atoms with Crippen LogP contribution >= 0.6 is 0 Å². The molecule has 1 aliphatic carbocycles. The number of hydrogen-bond acceptors (Lipinski definition) is 3. The molecule has 32 heavy (non-hydrogen) atoms. The first-order valence-electron chi connectivity index (χ1n) is 11.2. The SMILES string of the molecule is Cc1ccc(F)c(-c2nc(C(=O)Cc3cnccc3C3C[C@@H](C)C[C@@H](C)C3)ccc2F)c1. The van der Waals surface area contributed by atoms with E-state index in [-0.39, 0.29) is 29.2 Å². The van der Waals surface area contributed by atoms with Crippen molar-refractivity contribution < 1.29 is 13.6 Å². The molecule has 1 unspecified atom stereocenters. The first-order valence-corrected chi connectivity index (χ1v) is 11.2. The second kappa shape index (κ2) is 9.27. The summed E-state index contributed by atoms with van der Waals surface area (Å²) in [5.74, 6) is 0.236. The number of carbonyl (C=O) groups is 1. The van der Waals surface area contributed by atoms with Crippen molar-refractivity contribution in [3.63, 3.8) is 0 Å². The van der Waals surface area contributed by atoms with Crippen LogP contribution in [0.2, 0.25) is 0 Å². The molecule has 5 heteroatoms. The van der Waals surface area contributed by atoms with Crippen molar-refractivity contribution in [2.45, 2.75) is 52.4 Å². The predicted octanol–water partition coefficient (Wildman–Crippen LogP) is 6.70. The van der Waals surface area contributed by atoms with E-state index in [0.717, 1.165) is 24.0 Å². The van der Waals surface area contributed by atoms with Crippen LogP contribution in [0.15, 0.2) is 48.8 Å². The number of aryl methyl sites for hydroxylation is 1. The number of Topliss-reactive ketones (excluding diaryl/α,β-unsaturated/α-hetero) is 1. The fourth-order valence-corrected chi connectivity index (χ4v) is 5.06. The zero-order valence-corrected chi connectivity index (χ0v) is 18.7. The van der Waals surface area contributed by atoms with E-state index >= 15 is 0 Å². The molecule has 0 saturated heterocycles. The predicted molar refractivity (Wildman–Crippen MR) is 122 cm³/mol. The molecule has 1 aromatic carbocycles. The van der Waals surface area contributed by atoms with Crippen molar-refractivity contribution in [1.82, 2.24) is 9.97 Å². The van der Waals surface area contributed by atoms with Crippen LogP contribution in [0.25, 0.3) is 11.3 Å². The zero-order valence-electron chi connectivity index (χ0n) is 18.7. The summed E-state index contributed by atoms with van der Waals surface area (Å²) < 4.78 is 28.8. The van der Waals surface area contributed by atoms with Gasteiger partial charge in [0.2, 0.25) is 0 Å². The number of benzene rings is 1. The van der Waals surface area contributed by atoms with E-state index in [2.05, 4.69) is 23.8 Å². The Bertz CT molecular complexity index is 1130. The number of ketones is 1. The van der Waals surface area contributed by atoms with E-state index in [4.69, 9.17) is 0 Å². The van der Waals surface area contributed by atoms with E-state index in [9.17, 15) is 13.6 Å². The quantitative estimate of drug-likeness (QED) is 0.420. The Morgan fingerprint density at radius 2 is 1.72 bits per heavy atom. The van der Waals surface area contributed by atoms with E-state index in [1.807, 2.05) is 6.07 Å². The Morgan fingerprint density at radius 1 is 1.00 bits per heavy atom. The Balaban J connectivity index is 1.63. The van der Waals surface area contributed by atoms with Crippen LogP contribution in [0.5, 0.6) is 0 Å². The van der Waals surface area contributed by atoms with E-state index in [0.29, 0.717) is 17.8 Å². The molecule has 0 N–H and O–H groups in total. The van der Waals surface area contributed by atoms with Gasteiger partial charge in [0.25, 0.3) is 0 Å². The maximum atomic E-state index is 14.5. The van der Waals surface area contributed by atoms with Gasteiger partial charge in [-0.1, -0.05) is 25.5 Å². The minimum atomic E-state index is -0.654. The van der Waals surface area contributed by atoms with E-state index in [1.54, 1.807) is 31.5 Å². The zero-order chi connectivity index (χ0) is 22.8. The fraction of sp³-hybridized carbons (Fsp3) is 0.370. The first-order chi connectivity index (χ1) is 15.3. The van der Waals surface area contributed by atoms with Gasteiger partial charge in [0.1, 0.15) is 23.0 Å². The highest BCUT2D eigenvalue weighted by Gasteiger charge is 2.27. The lowest BCUT2D eigenvalue weighted by Gasteiger charge is -2.32. The van der Waals surface area contributed by atoms with Crippen molar-refractivity contribution >= 4 is 5.78 Å². The second-order valence-corrected chi connectivity index (χ2v) is 9.30. The van der Waals surface area contributed by atoms with Gasteiger partial charge in [-0.2, -0.15) is 0 Å². The summed E-state index contributed by atoms with van der Waals surface area (Å²) in [5.41, 5.74) is 2.89. The lowest BCUT2D eigenvalue weighted by Crippen LogP contribution is -2.20. The van der Waals surface area contributed by atoms with Gasteiger partial charge < -0.3 is 0 Å². The molecule has 0 radical (unpaired) electrons. The molecule has 0 aliphatic heterocycles. The monoisotopic (exact) mass is 434 g/mol. The number of pyridine rings is 2. The molecule has 3 aromatic rings. The number of rotatable bonds is 5. The maximum Gasteiger partial charge on any atom is 0.185 e. The molecule has 1 saturated carbocycles. The summed E-state index contributed by atoms with van der Waals surface area (Å²) in [5, 5.41) is 0. The molecule has 3 atom stereocenters. The summed E-state index contributed by atoms with van der Waals surface area (Å²) in [7, 11) is 0. The molecule has 4 rings (SSSR count).